The van der Waals surface area contributed by atoms with Gasteiger partial charge in [0, 0.05) is 22.8 Å². The van der Waals surface area contributed by atoms with Crippen molar-refractivity contribution in [1.29, 1.82) is 0 Å². The van der Waals surface area contributed by atoms with E-state index in [0.29, 0.717) is 11.6 Å². The van der Waals surface area contributed by atoms with E-state index in [2.05, 4.69) is 30.1 Å². The summed E-state index contributed by atoms with van der Waals surface area (Å²) in [6, 6.07) is 3.95. The van der Waals surface area contributed by atoms with E-state index in [9.17, 15) is 0 Å². The summed E-state index contributed by atoms with van der Waals surface area (Å²) in [5.41, 5.74) is 24.3. The molecule has 0 saturated heterocycles. The van der Waals surface area contributed by atoms with E-state index in [0.717, 1.165) is 61.8 Å². The number of rotatable bonds is 4. The third kappa shape index (κ3) is 27.0. The first-order chi connectivity index (χ1) is 19.4. The van der Waals surface area contributed by atoms with Crippen LogP contribution in [0.15, 0.2) is 24.8 Å². The van der Waals surface area contributed by atoms with Gasteiger partial charge in [-0.25, -0.2) is 56.3 Å². The van der Waals surface area contributed by atoms with Crippen molar-refractivity contribution in [2.45, 2.75) is 40.5 Å². The van der Waals surface area contributed by atoms with Gasteiger partial charge in [0.15, 0.2) is 0 Å². The molecule has 0 aliphatic carbocycles. The second-order valence-electron chi connectivity index (χ2n) is 7.64. The van der Waals surface area contributed by atoms with E-state index in [4.69, 9.17) is 60.2 Å². The molecule has 0 unspecified atom stereocenters. The van der Waals surface area contributed by atoms with Gasteiger partial charge in [0.05, 0.1) is 0 Å². The molecule has 4 aromatic heterocycles. The minimum Gasteiger partial charge on any atom is -0.330 e. The molecule has 0 spiro atoms. The van der Waals surface area contributed by atoms with Crippen molar-refractivity contribution in [3.63, 3.8) is 0 Å². The summed E-state index contributed by atoms with van der Waals surface area (Å²) in [6.07, 6.45) is 4.91. The third-order valence-corrected chi connectivity index (χ3v) is 3.93. The largest absolute Gasteiger partial charge is 2.00 e. The molecular weight excluding hydrogens is 671 g/mol. The quantitative estimate of drug-likeness (QED) is 0.143. The zero-order valence-corrected chi connectivity index (χ0v) is 26.2. The Balaban J connectivity index is -0.000000468. The zero-order chi connectivity index (χ0) is 32.9. The summed E-state index contributed by atoms with van der Waals surface area (Å²) >= 11 is 0. The molecule has 43 heavy (non-hydrogen) atoms. The number of aromatic nitrogens is 8. The Labute approximate surface area is 262 Å². The summed E-state index contributed by atoms with van der Waals surface area (Å²) in [4.78, 5) is 16.3. The third-order valence-electron chi connectivity index (χ3n) is 3.93. The van der Waals surface area contributed by atoms with Crippen molar-refractivity contribution < 1.29 is 74.8 Å². The van der Waals surface area contributed by atoms with E-state index >= 15 is 0 Å². The van der Waals surface area contributed by atoms with Gasteiger partial charge in [-0.2, -0.15) is 20.2 Å². The number of aryl methyl sites for hydroxylation is 4. The van der Waals surface area contributed by atoms with Crippen LogP contribution in [-0.2, 0) is 17.1 Å². The number of hydrogen-bond acceptors (Lipinski definition) is 18. The number of fused-ring (bicyclic) bond motifs is 2. The summed E-state index contributed by atoms with van der Waals surface area (Å²) in [7, 11) is -9.89. The molecule has 20 nitrogen and oxygen atoms in total. The molecule has 0 fully saturated rings. The second kappa shape index (κ2) is 24.1. The fourth-order valence-corrected chi connectivity index (χ4v) is 2.46. The minimum absolute atomic E-state index is 0. The molecule has 0 aliphatic heterocycles. The van der Waals surface area contributed by atoms with E-state index in [-0.39, 0.29) is 17.1 Å². The fourth-order valence-electron chi connectivity index (χ4n) is 2.46. The van der Waals surface area contributed by atoms with Crippen LogP contribution >= 0.6 is 0 Å². The van der Waals surface area contributed by atoms with Gasteiger partial charge in [-0.05, 0) is 78.8 Å². The normalized spacial score (nSPS) is 10.2. The molecule has 8 N–H and O–H groups in total. The maximum atomic E-state index is 8.49. The first-order valence-corrected chi connectivity index (χ1v) is 14.2. The van der Waals surface area contributed by atoms with E-state index in [1.165, 1.54) is 12.7 Å². The summed E-state index contributed by atoms with van der Waals surface area (Å²) < 4.78 is 71.4. The van der Waals surface area contributed by atoms with Gasteiger partial charge in [0.25, 0.3) is 11.6 Å². The summed E-state index contributed by atoms with van der Waals surface area (Å²) in [5.74, 6) is 1.34. The number of nitrogens with two attached hydrogens (primary N) is 4. The van der Waals surface area contributed by atoms with Gasteiger partial charge in [-0.15, -0.1) is 20.5 Å². The van der Waals surface area contributed by atoms with Crippen LogP contribution in [0.25, 0.3) is 11.6 Å². The monoisotopic (exact) mass is 705 g/mol. The van der Waals surface area contributed by atoms with Crippen LogP contribution in [-0.4, -0.2) is 65.3 Å². The van der Waals surface area contributed by atoms with E-state index < -0.39 is 20.5 Å². The predicted octanol–water partition coefficient (Wildman–Crippen LogP) is -9.44. The second-order valence-corrected chi connectivity index (χ2v) is 9.15. The average Bonchev–Trinajstić information content (AvgIpc) is 3.49. The van der Waals surface area contributed by atoms with Crippen LogP contribution in [0.1, 0.15) is 35.6 Å². The molecule has 0 atom stereocenters. The molecule has 23 heteroatoms. The van der Waals surface area contributed by atoms with E-state index in [1.54, 1.807) is 9.03 Å². The molecule has 0 amide bonds. The summed E-state index contributed by atoms with van der Waals surface area (Å²) in [6.45, 7) is 10.7. The molecule has 249 valence electrons. The minimum atomic E-state index is -4.94. The SMILES string of the molecule is Cc1cc(C)n2ncnc2n1.Cc1cc(C)n2ncnc2n1.NCCCN.NCCCN.[Cu+2].[O-][Cl+3]([O-])([O-])[O-].[O-][Cl+3]([O-])([O-])[O-]. The Morgan fingerprint density at radius 1 is 0.581 bits per heavy atom. The van der Waals surface area contributed by atoms with Gasteiger partial charge in [-0.1, -0.05) is 0 Å². The molecule has 4 rings (SSSR count). The van der Waals surface area contributed by atoms with Crippen LogP contribution < -0.4 is 60.2 Å². The first-order valence-electron chi connectivity index (χ1n) is 11.7. The molecule has 0 aromatic carbocycles. The number of halogens is 2. The van der Waals surface area contributed by atoms with Crippen LogP contribution in [0, 0.1) is 48.2 Å². The topological polar surface area (TPSA) is 375 Å². The standard InChI is InChI=1S/2C7H8N4.2C3H10N2.2ClHO4.Cu/c2*1-5-3-6(2)11-7(10-5)8-4-9-11;2*4-2-1-3-5;2*2-1(3,4)5;/h2*3-4H,1-2H3;2*1-5H2;2*(H,2,3,4,5);/q;;;;;;+2/p-2. The van der Waals surface area contributed by atoms with Crippen molar-refractivity contribution in [2.75, 3.05) is 26.2 Å². The number of hydrogen-bond donors (Lipinski definition) is 4. The number of nitrogens with zero attached hydrogens (tertiary/aromatic N) is 8. The van der Waals surface area contributed by atoms with Crippen LogP contribution in [0.5, 0.6) is 0 Å². The molecule has 0 bridgehead atoms. The molecule has 0 aliphatic rings. The smallest absolute Gasteiger partial charge is 0.330 e. The Morgan fingerprint density at radius 3 is 1.05 bits per heavy atom. The van der Waals surface area contributed by atoms with Crippen molar-refractivity contribution in [3.8, 4) is 0 Å². The molecule has 0 saturated carbocycles. The molecule has 4 heterocycles. The van der Waals surface area contributed by atoms with Crippen molar-refractivity contribution in [1.82, 2.24) is 39.2 Å². The molecule has 4 aromatic rings. The summed E-state index contributed by atoms with van der Waals surface area (Å²) in [5, 5.41) is 8.00. The van der Waals surface area contributed by atoms with Gasteiger partial charge in [-0.3, -0.25) is 0 Å². The van der Waals surface area contributed by atoms with Crippen LogP contribution in [0.4, 0.5) is 0 Å². The Bertz CT molecular complexity index is 1150. The Hall–Kier alpha value is -2.28. The Morgan fingerprint density at radius 2 is 0.837 bits per heavy atom. The fraction of sp³-hybridized carbons (Fsp3) is 0.500. The maximum Gasteiger partial charge on any atom is 2.00 e. The van der Waals surface area contributed by atoms with Crippen molar-refractivity contribution in [2.24, 2.45) is 22.9 Å². The first kappa shape index (κ1) is 45.2. The van der Waals surface area contributed by atoms with Crippen LogP contribution in [0.3, 0.4) is 0 Å². The zero-order valence-electron chi connectivity index (χ0n) is 23.8. The van der Waals surface area contributed by atoms with Crippen LogP contribution in [0.2, 0.25) is 0 Å². The Kier molecular flexibility index (Phi) is 25.3. The molecular formula is C20H36Cl2CuN12O8. The predicted molar refractivity (Wildman–Crippen MR) is 126 cm³/mol. The van der Waals surface area contributed by atoms with Gasteiger partial charge < -0.3 is 22.9 Å². The van der Waals surface area contributed by atoms with E-state index in [1.807, 2.05) is 39.8 Å². The molecule has 1 radical (unpaired) electrons. The van der Waals surface area contributed by atoms with Crippen molar-refractivity contribution >= 4 is 11.6 Å². The average molecular weight is 707 g/mol. The maximum absolute atomic E-state index is 8.49. The van der Waals surface area contributed by atoms with Gasteiger partial charge in [0.2, 0.25) is 0 Å². The van der Waals surface area contributed by atoms with Gasteiger partial charge in [0.1, 0.15) is 12.7 Å². The van der Waals surface area contributed by atoms with Gasteiger partial charge >= 0.3 is 17.1 Å². The van der Waals surface area contributed by atoms with Crippen molar-refractivity contribution in [3.05, 3.63) is 47.6 Å².